The molecule has 1 fully saturated rings. The first-order valence-electron chi connectivity index (χ1n) is 6.90. The van der Waals surface area contributed by atoms with Gasteiger partial charge in [0.05, 0.1) is 19.6 Å². The van der Waals surface area contributed by atoms with Crippen LogP contribution in [0.25, 0.3) is 0 Å². The van der Waals surface area contributed by atoms with Crippen LogP contribution in [0.1, 0.15) is 6.42 Å². The molecule has 6 heteroatoms. The fraction of sp³-hybridized carbons (Fsp3) is 0.467. The maximum absolute atomic E-state index is 12.2. The van der Waals surface area contributed by atoms with E-state index in [0.29, 0.717) is 13.2 Å². The third-order valence-electron chi connectivity index (χ3n) is 3.49. The van der Waals surface area contributed by atoms with E-state index in [1.807, 2.05) is 43.3 Å². The van der Waals surface area contributed by atoms with Crippen molar-refractivity contribution in [2.75, 3.05) is 44.6 Å². The van der Waals surface area contributed by atoms with Crippen LogP contribution in [0.2, 0.25) is 0 Å². The summed E-state index contributed by atoms with van der Waals surface area (Å²) in [5.41, 5.74) is 1.91. The monoisotopic (exact) mass is 291 g/mol. The van der Waals surface area contributed by atoms with Gasteiger partial charge in [0.25, 0.3) is 5.91 Å². The smallest absolute Gasteiger partial charge is 0.252 e. The number of carbonyl (C=O) groups excluding carboxylic acids is 2. The molecule has 6 nitrogen and oxygen atoms in total. The van der Waals surface area contributed by atoms with Gasteiger partial charge in [0.1, 0.15) is 6.04 Å². The molecule has 0 aromatic heterocycles. The molecule has 1 N–H and O–H groups in total. The van der Waals surface area contributed by atoms with Gasteiger partial charge in [-0.05, 0) is 24.3 Å². The van der Waals surface area contributed by atoms with Crippen molar-refractivity contribution in [3.05, 3.63) is 24.3 Å². The van der Waals surface area contributed by atoms with E-state index in [1.54, 1.807) is 7.11 Å². The zero-order valence-corrected chi connectivity index (χ0v) is 12.6. The van der Waals surface area contributed by atoms with E-state index in [9.17, 15) is 9.59 Å². The van der Waals surface area contributed by atoms with Crippen LogP contribution in [0, 0.1) is 0 Å². The molecule has 0 bridgehead atoms. The summed E-state index contributed by atoms with van der Waals surface area (Å²) in [6.07, 6.45) is 0.192. The van der Waals surface area contributed by atoms with E-state index in [4.69, 9.17) is 4.74 Å². The molecule has 0 radical (unpaired) electrons. The van der Waals surface area contributed by atoms with Crippen molar-refractivity contribution in [1.29, 1.82) is 0 Å². The number of amides is 2. The van der Waals surface area contributed by atoms with Crippen LogP contribution in [0.15, 0.2) is 24.3 Å². The number of ether oxygens (including phenoxy) is 1. The van der Waals surface area contributed by atoms with Gasteiger partial charge in [-0.1, -0.05) is 0 Å². The molecule has 1 aliphatic heterocycles. The summed E-state index contributed by atoms with van der Waals surface area (Å²) in [6.45, 7) is 0.674. The number of hydrogen-bond donors (Lipinski definition) is 1. The lowest BCUT2D eigenvalue weighted by molar-refractivity contribution is -0.139. The molecule has 0 unspecified atom stereocenters. The van der Waals surface area contributed by atoms with Crippen molar-refractivity contribution in [1.82, 2.24) is 4.90 Å². The minimum Gasteiger partial charge on any atom is -0.383 e. The lowest BCUT2D eigenvalue weighted by Crippen LogP contribution is -2.36. The van der Waals surface area contributed by atoms with Crippen LogP contribution >= 0.6 is 0 Å². The number of anilines is 2. The van der Waals surface area contributed by atoms with Gasteiger partial charge in [0.2, 0.25) is 5.91 Å². The predicted molar refractivity (Wildman–Crippen MR) is 81.4 cm³/mol. The van der Waals surface area contributed by atoms with Crippen molar-refractivity contribution in [3.8, 4) is 0 Å². The van der Waals surface area contributed by atoms with Gasteiger partial charge in [0, 0.05) is 32.6 Å². The quantitative estimate of drug-likeness (QED) is 0.790. The SMILES string of the molecule is COCCN1C(=O)C[C@@H](Nc2ccc(N(C)C)cc2)C1=O. The predicted octanol–water partition coefficient (Wildman–Crippen LogP) is 0.938. The number of rotatable bonds is 6. The highest BCUT2D eigenvalue weighted by Gasteiger charge is 2.38. The van der Waals surface area contributed by atoms with Crippen molar-refractivity contribution in [2.45, 2.75) is 12.5 Å². The Morgan fingerprint density at radius 3 is 2.52 bits per heavy atom. The highest BCUT2D eigenvalue weighted by atomic mass is 16.5. The lowest BCUT2D eigenvalue weighted by atomic mass is 10.2. The van der Waals surface area contributed by atoms with Crippen molar-refractivity contribution in [2.24, 2.45) is 0 Å². The Labute approximate surface area is 124 Å². The van der Waals surface area contributed by atoms with Crippen LogP contribution in [0.3, 0.4) is 0 Å². The molecule has 21 heavy (non-hydrogen) atoms. The zero-order valence-electron chi connectivity index (χ0n) is 12.6. The number of nitrogens with one attached hydrogen (secondary N) is 1. The van der Waals surface area contributed by atoms with E-state index in [-0.39, 0.29) is 18.2 Å². The third-order valence-corrected chi connectivity index (χ3v) is 3.49. The van der Waals surface area contributed by atoms with Crippen molar-refractivity contribution >= 4 is 23.2 Å². The largest absolute Gasteiger partial charge is 0.383 e. The molecular weight excluding hydrogens is 270 g/mol. The van der Waals surface area contributed by atoms with Crippen LogP contribution in [0.5, 0.6) is 0 Å². The molecule has 1 atom stereocenters. The molecule has 0 saturated carbocycles. The van der Waals surface area contributed by atoms with E-state index in [2.05, 4.69) is 5.32 Å². The molecular formula is C15H21N3O3. The highest BCUT2D eigenvalue weighted by Crippen LogP contribution is 2.20. The molecule has 0 spiro atoms. The number of methoxy groups -OCH3 is 1. The molecule has 114 valence electrons. The van der Waals surface area contributed by atoms with Crippen LogP contribution in [-0.2, 0) is 14.3 Å². The third kappa shape index (κ3) is 3.52. The minimum atomic E-state index is -0.487. The van der Waals surface area contributed by atoms with Gasteiger partial charge in [-0.2, -0.15) is 0 Å². The first-order chi connectivity index (χ1) is 10.0. The number of likely N-dealkylation sites (tertiary alicyclic amines) is 1. The van der Waals surface area contributed by atoms with Crippen LogP contribution in [-0.4, -0.2) is 57.1 Å². The summed E-state index contributed by atoms with van der Waals surface area (Å²) < 4.78 is 4.92. The number of imide groups is 1. The van der Waals surface area contributed by atoms with Crippen molar-refractivity contribution in [3.63, 3.8) is 0 Å². The highest BCUT2D eigenvalue weighted by molar-refractivity contribution is 6.06. The van der Waals surface area contributed by atoms with E-state index >= 15 is 0 Å². The fourth-order valence-corrected chi connectivity index (χ4v) is 2.27. The average molecular weight is 291 g/mol. The Bertz CT molecular complexity index is 513. The number of nitrogens with zero attached hydrogens (tertiary/aromatic N) is 2. The van der Waals surface area contributed by atoms with Gasteiger partial charge in [-0.15, -0.1) is 0 Å². The summed E-state index contributed by atoms with van der Waals surface area (Å²) in [5.74, 6) is -0.340. The Morgan fingerprint density at radius 1 is 1.29 bits per heavy atom. The Morgan fingerprint density at radius 2 is 1.95 bits per heavy atom. The topological polar surface area (TPSA) is 61.9 Å². The standard InChI is InChI=1S/C15H21N3O3/c1-17(2)12-6-4-11(5-7-12)16-13-10-14(19)18(15(13)20)8-9-21-3/h4-7,13,16H,8-10H2,1-3H3/t13-/m1/s1. The van der Waals surface area contributed by atoms with Crippen molar-refractivity contribution < 1.29 is 14.3 Å². The Hall–Kier alpha value is -2.08. The van der Waals surface area contributed by atoms with Gasteiger partial charge in [-0.25, -0.2) is 0 Å². The molecule has 2 rings (SSSR count). The molecule has 1 aromatic rings. The Kier molecular flexibility index (Phi) is 4.80. The molecule has 0 aliphatic carbocycles. The van der Waals surface area contributed by atoms with Gasteiger partial charge < -0.3 is 15.0 Å². The van der Waals surface area contributed by atoms with Gasteiger partial charge in [-0.3, -0.25) is 14.5 Å². The summed E-state index contributed by atoms with van der Waals surface area (Å²) >= 11 is 0. The summed E-state index contributed by atoms with van der Waals surface area (Å²) in [7, 11) is 5.48. The number of benzene rings is 1. The van der Waals surface area contributed by atoms with E-state index < -0.39 is 6.04 Å². The summed E-state index contributed by atoms with van der Waals surface area (Å²) in [6, 6.07) is 7.26. The molecule has 1 aromatic carbocycles. The summed E-state index contributed by atoms with van der Waals surface area (Å²) in [5, 5.41) is 3.12. The molecule has 1 aliphatic rings. The average Bonchev–Trinajstić information content (AvgIpc) is 2.72. The second kappa shape index (κ2) is 6.58. The second-order valence-electron chi connectivity index (χ2n) is 5.22. The molecule has 2 amide bonds. The summed E-state index contributed by atoms with van der Waals surface area (Å²) in [4.78, 5) is 27.3. The minimum absolute atomic E-state index is 0.153. The number of hydrogen-bond acceptors (Lipinski definition) is 5. The van der Waals surface area contributed by atoms with Crippen LogP contribution in [0.4, 0.5) is 11.4 Å². The van der Waals surface area contributed by atoms with Gasteiger partial charge in [0.15, 0.2) is 0 Å². The van der Waals surface area contributed by atoms with E-state index in [0.717, 1.165) is 11.4 Å². The number of carbonyl (C=O) groups is 2. The van der Waals surface area contributed by atoms with E-state index in [1.165, 1.54) is 4.90 Å². The first-order valence-corrected chi connectivity index (χ1v) is 6.90. The second-order valence-corrected chi connectivity index (χ2v) is 5.22. The van der Waals surface area contributed by atoms with Crippen LogP contribution < -0.4 is 10.2 Å². The van der Waals surface area contributed by atoms with Gasteiger partial charge >= 0.3 is 0 Å². The molecule has 1 saturated heterocycles. The Balaban J connectivity index is 2.00. The first kappa shape index (κ1) is 15.3. The lowest BCUT2D eigenvalue weighted by Gasteiger charge is -2.16. The maximum atomic E-state index is 12.2. The zero-order chi connectivity index (χ0) is 15.4. The maximum Gasteiger partial charge on any atom is 0.252 e. The molecule has 1 heterocycles. The normalized spacial score (nSPS) is 18.2. The fourth-order valence-electron chi connectivity index (χ4n) is 2.27.